The van der Waals surface area contributed by atoms with Crippen molar-refractivity contribution < 1.29 is 18.7 Å². The average Bonchev–Trinajstić information content (AvgIpc) is 2.61. The highest BCUT2D eigenvalue weighted by atomic mass is 19.1. The van der Waals surface area contributed by atoms with Crippen LogP contribution >= 0.6 is 0 Å². The van der Waals surface area contributed by atoms with E-state index in [1.54, 1.807) is 13.0 Å². The third-order valence-corrected chi connectivity index (χ3v) is 4.76. The van der Waals surface area contributed by atoms with E-state index in [9.17, 15) is 14.0 Å². The number of anilines is 1. The van der Waals surface area contributed by atoms with Gasteiger partial charge in [0.1, 0.15) is 5.82 Å². The Bertz CT molecular complexity index is 748. The van der Waals surface area contributed by atoms with Gasteiger partial charge >= 0.3 is 12.0 Å². The standard InChI is InChI=1S/C19H24FN3O3/c1-3-14-16(18(24)26-4-2)15(22-19(25)21-14)11-23-10-6-8-12-7-5-9-13(20)17(12)23/h5,7,9,14H,3-4,6,8,10-11H2,1-2H3,(H2,21,22,25). The Morgan fingerprint density at radius 2 is 2.19 bits per heavy atom. The number of amides is 2. The monoisotopic (exact) mass is 361 g/mol. The summed E-state index contributed by atoms with van der Waals surface area (Å²) in [6.45, 7) is 4.80. The van der Waals surface area contributed by atoms with Gasteiger partial charge in [-0.15, -0.1) is 0 Å². The predicted octanol–water partition coefficient (Wildman–Crippen LogP) is 2.49. The number of fused-ring (bicyclic) bond motifs is 1. The zero-order valence-corrected chi connectivity index (χ0v) is 15.1. The molecule has 0 spiro atoms. The topological polar surface area (TPSA) is 70.7 Å². The van der Waals surface area contributed by atoms with Gasteiger partial charge in [-0.1, -0.05) is 19.1 Å². The Morgan fingerprint density at radius 1 is 1.38 bits per heavy atom. The van der Waals surface area contributed by atoms with E-state index in [1.165, 1.54) is 6.07 Å². The minimum absolute atomic E-state index is 0.251. The number of hydrogen-bond acceptors (Lipinski definition) is 4. The van der Waals surface area contributed by atoms with Gasteiger partial charge in [0.15, 0.2) is 0 Å². The van der Waals surface area contributed by atoms with Crippen LogP contribution in [0.2, 0.25) is 0 Å². The number of nitrogens with one attached hydrogen (secondary N) is 2. The molecule has 0 aromatic heterocycles. The summed E-state index contributed by atoms with van der Waals surface area (Å²) in [5, 5.41) is 5.48. The fourth-order valence-corrected chi connectivity index (χ4v) is 3.62. The number of benzene rings is 1. The lowest BCUT2D eigenvalue weighted by Gasteiger charge is -2.35. The lowest BCUT2D eigenvalue weighted by atomic mass is 9.97. The summed E-state index contributed by atoms with van der Waals surface area (Å²) in [5.74, 6) is -0.736. The molecule has 2 aliphatic heterocycles. The number of nitrogens with zero attached hydrogens (tertiary/aromatic N) is 1. The maximum absolute atomic E-state index is 14.4. The van der Waals surface area contributed by atoms with Crippen molar-refractivity contribution in [3.05, 3.63) is 40.8 Å². The van der Waals surface area contributed by atoms with Crippen molar-refractivity contribution >= 4 is 17.7 Å². The summed E-state index contributed by atoms with van der Waals surface area (Å²) in [6.07, 6.45) is 2.27. The van der Waals surface area contributed by atoms with Gasteiger partial charge in [0.2, 0.25) is 0 Å². The number of hydrogen-bond donors (Lipinski definition) is 2. The number of ether oxygens (including phenoxy) is 1. The second-order valence-electron chi connectivity index (χ2n) is 6.44. The fraction of sp³-hybridized carbons (Fsp3) is 0.474. The molecule has 2 N–H and O–H groups in total. The molecule has 0 aliphatic carbocycles. The van der Waals surface area contributed by atoms with Crippen LogP contribution in [0.25, 0.3) is 0 Å². The molecule has 140 valence electrons. The molecule has 3 rings (SSSR count). The highest BCUT2D eigenvalue weighted by molar-refractivity contribution is 5.95. The van der Waals surface area contributed by atoms with Crippen molar-refractivity contribution in [2.45, 2.75) is 39.2 Å². The molecule has 1 aromatic rings. The van der Waals surface area contributed by atoms with E-state index >= 15 is 0 Å². The van der Waals surface area contributed by atoms with E-state index in [0.717, 1.165) is 18.4 Å². The first kappa shape index (κ1) is 18.2. The van der Waals surface area contributed by atoms with Crippen molar-refractivity contribution in [3.8, 4) is 0 Å². The van der Waals surface area contributed by atoms with Gasteiger partial charge < -0.3 is 20.3 Å². The zero-order chi connectivity index (χ0) is 18.7. The Morgan fingerprint density at radius 3 is 2.92 bits per heavy atom. The molecule has 1 unspecified atom stereocenters. The molecule has 1 atom stereocenters. The van der Waals surface area contributed by atoms with Crippen LogP contribution in [-0.2, 0) is 16.0 Å². The van der Waals surface area contributed by atoms with Crippen LogP contribution in [0.3, 0.4) is 0 Å². The Balaban J connectivity index is 1.98. The van der Waals surface area contributed by atoms with Gasteiger partial charge in [-0.2, -0.15) is 0 Å². The molecule has 2 aliphatic rings. The minimum atomic E-state index is -0.451. The maximum Gasteiger partial charge on any atom is 0.337 e. The van der Waals surface area contributed by atoms with Crippen molar-refractivity contribution in [2.24, 2.45) is 0 Å². The second kappa shape index (κ2) is 7.76. The molecule has 2 heterocycles. The number of aryl methyl sites for hydroxylation is 1. The number of carbonyl (C=O) groups excluding carboxylic acids is 2. The average molecular weight is 361 g/mol. The number of esters is 1. The maximum atomic E-state index is 14.4. The number of urea groups is 1. The quantitative estimate of drug-likeness (QED) is 0.791. The molecule has 1 aromatic carbocycles. The summed E-state index contributed by atoms with van der Waals surface area (Å²) in [4.78, 5) is 26.4. The second-order valence-corrected chi connectivity index (χ2v) is 6.44. The predicted molar refractivity (Wildman–Crippen MR) is 96.3 cm³/mol. The van der Waals surface area contributed by atoms with Gasteiger partial charge in [-0.05, 0) is 37.8 Å². The van der Waals surface area contributed by atoms with Gasteiger partial charge in [-0.25, -0.2) is 14.0 Å². The van der Waals surface area contributed by atoms with Crippen LogP contribution in [0.15, 0.2) is 29.5 Å². The fourth-order valence-electron chi connectivity index (χ4n) is 3.62. The third-order valence-electron chi connectivity index (χ3n) is 4.76. The summed E-state index contributed by atoms with van der Waals surface area (Å²) < 4.78 is 19.6. The molecule has 2 amide bonds. The normalized spacial score (nSPS) is 19.6. The first-order valence-corrected chi connectivity index (χ1v) is 9.05. The Kier molecular flexibility index (Phi) is 5.44. The number of carbonyl (C=O) groups is 2. The number of rotatable bonds is 5. The highest BCUT2D eigenvalue weighted by Crippen LogP contribution is 2.31. The van der Waals surface area contributed by atoms with Crippen molar-refractivity contribution in [2.75, 3.05) is 24.6 Å². The minimum Gasteiger partial charge on any atom is -0.463 e. The van der Waals surface area contributed by atoms with Gasteiger partial charge in [0.25, 0.3) is 0 Å². The van der Waals surface area contributed by atoms with Crippen LogP contribution in [0.4, 0.5) is 14.9 Å². The van der Waals surface area contributed by atoms with Gasteiger partial charge in [0, 0.05) is 6.54 Å². The summed E-state index contributed by atoms with van der Waals surface area (Å²) in [5.41, 5.74) is 2.39. The smallest absolute Gasteiger partial charge is 0.337 e. The summed E-state index contributed by atoms with van der Waals surface area (Å²) in [6, 6.07) is 4.29. The van der Waals surface area contributed by atoms with Crippen LogP contribution in [-0.4, -0.2) is 37.7 Å². The van der Waals surface area contributed by atoms with E-state index in [4.69, 9.17) is 4.74 Å². The first-order chi connectivity index (χ1) is 12.5. The molecule has 0 bridgehead atoms. The molecule has 6 nitrogen and oxygen atoms in total. The van der Waals surface area contributed by atoms with E-state index < -0.39 is 12.0 Å². The Hall–Kier alpha value is -2.57. The largest absolute Gasteiger partial charge is 0.463 e. The zero-order valence-electron chi connectivity index (χ0n) is 15.1. The summed E-state index contributed by atoms with van der Waals surface area (Å²) in [7, 11) is 0. The van der Waals surface area contributed by atoms with Crippen molar-refractivity contribution in [3.63, 3.8) is 0 Å². The molecular weight excluding hydrogens is 337 g/mol. The van der Waals surface area contributed by atoms with E-state index in [0.29, 0.717) is 29.9 Å². The highest BCUT2D eigenvalue weighted by Gasteiger charge is 2.33. The summed E-state index contributed by atoms with van der Waals surface area (Å²) >= 11 is 0. The van der Waals surface area contributed by atoms with E-state index in [2.05, 4.69) is 10.6 Å². The van der Waals surface area contributed by atoms with Crippen LogP contribution in [0.5, 0.6) is 0 Å². The molecule has 7 heteroatoms. The molecular formula is C19H24FN3O3. The first-order valence-electron chi connectivity index (χ1n) is 9.05. The molecule has 0 saturated heterocycles. The van der Waals surface area contributed by atoms with E-state index in [1.807, 2.05) is 17.9 Å². The number of para-hydroxylation sites is 1. The SMILES string of the molecule is CCOC(=O)C1=C(CN2CCCc3cccc(F)c32)NC(=O)NC1CC. The number of halogens is 1. The van der Waals surface area contributed by atoms with Crippen molar-refractivity contribution in [1.29, 1.82) is 0 Å². The van der Waals surface area contributed by atoms with Crippen LogP contribution < -0.4 is 15.5 Å². The third kappa shape index (κ3) is 3.52. The van der Waals surface area contributed by atoms with Crippen molar-refractivity contribution in [1.82, 2.24) is 10.6 Å². The Labute approximate surface area is 152 Å². The molecule has 0 radical (unpaired) electrons. The van der Waals surface area contributed by atoms with Crippen LogP contribution in [0.1, 0.15) is 32.3 Å². The lowest BCUT2D eigenvalue weighted by molar-refractivity contribution is -0.139. The van der Waals surface area contributed by atoms with Crippen LogP contribution in [0, 0.1) is 5.82 Å². The van der Waals surface area contributed by atoms with Gasteiger partial charge in [0.05, 0.1) is 36.2 Å². The lowest BCUT2D eigenvalue weighted by Crippen LogP contribution is -2.52. The van der Waals surface area contributed by atoms with Gasteiger partial charge in [-0.3, -0.25) is 0 Å². The van der Waals surface area contributed by atoms with E-state index in [-0.39, 0.29) is 25.0 Å². The molecule has 0 saturated carbocycles. The molecule has 0 fully saturated rings. The molecule has 26 heavy (non-hydrogen) atoms.